The van der Waals surface area contributed by atoms with Crippen molar-refractivity contribution in [1.29, 1.82) is 0 Å². The van der Waals surface area contributed by atoms with Crippen molar-refractivity contribution in [2.24, 2.45) is 0 Å². The predicted molar refractivity (Wildman–Crippen MR) is 63.1 cm³/mol. The van der Waals surface area contributed by atoms with Crippen molar-refractivity contribution in [3.8, 4) is 0 Å². The fourth-order valence-electron chi connectivity index (χ4n) is 1.28. The first-order valence-electron chi connectivity index (χ1n) is 5.28. The van der Waals surface area contributed by atoms with E-state index in [0.29, 0.717) is 12.1 Å². The van der Waals surface area contributed by atoms with Crippen molar-refractivity contribution >= 4 is 11.6 Å². The summed E-state index contributed by atoms with van der Waals surface area (Å²) in [4.78, 5) is 11.4. The Morgan fingerprint density at radius 3 is 2.60 bits per heavy atom. The molecule has 80 valence electrons. The second-order valence-corrected chi connectivity index (χ2v) is 3.50. The maximum absolute atomic E-state index is 11.4. The van der Waals surface area contributed by atoms with Gasteiger partial charge in [-0.25, -0.2) is 0 Å². The smallest absolute Gasteiger partial charge is 0.224 e. The summed E-state index contributed by atoms with van der Waals surface area (Å²) in [6.07, 6.45) is 2.53. The van der Waals surface area contributed by atoms with Crippen LogP contribution in [0, 0.1) is 0 Å². The fourth-order valence-corrected chi connectivity index (χ4v) is 1.28. The summed E-state index contributed by atoms with van der Waals surface area (Å²) in [6, 6.07) is 9.66. The molecule has 15 heavy (non-hydrogen) atoms. The molecule has 0 fully saturated rings. The molecule has 0 aliphatic rings. The van der Waals surface area contributed by atoms with Gasteiger partial charge in [-0.05, 0) is 12.0 Å². The molecule has 0 radical (unpaired) electrons. The molecular weight excluding hydrogens is 186 g/mol. The normalized spacial score (nSPS) is 9.67. The van der Waals surface area contributed by atoms with Gasteiger partial charge >= 0.3 is 0 Å². The van der Waals surface area contributed by atoms with Crippen molar-refractivity contribution in [3.05, 3.63) is 42.5 Å². The summed E-state index contributed by atoms with van der Waals surface area (Å²) in [5, 5.41) is 2.80. The molecule has 0 bridgehead atoms. The van der Waals surface area contributed by atoms with E-state index in [-0.39, 0.29) is 5.91 Å². The van der Waals surface area contributed by atoms with Gasteiger partial charge in [0, 0.05) is 12.1 Å². The molecular formula is C13H17NO. The third-order valence-electron chi connectivity index (χ3n) is 2.17. The summed E-state index contributed by atoms with van der Waals surface area (Å²) in [7, 11) is 0. The molecule has 1 amide bonds. The average Bonchev–Trinajstić information content (AvgIpc) is 2.27. The SMILES string of the molecule is C=C(NC(=O)CCCC)c1ccccc1. The van der Waals surface area contributed by atoms with Crippen LogP contribution in [0.1, 0.15) is 31.7 Å². The van der Waals surface area contributed by atoms with E-state index >= 15 is 0 Å². The highest BCUT2D eigenvalue weighted by Gasteiger charge is 2.03. The zero-order valence-electron chi connectivity index (χ0n) is 9.12. The number of carbonyl (C=O) groups excluding carboxylic acids is 1. The first kappa shape index (κ1) is 11.5. The summed E-state index contributed by atoms with van der Waals surface area (Å²) < 4.78 is 0. The molecule has 0 unspecified atom stereocenters. The first-order valence-corrected chi connectivity index (χ1v) is 5.28. The van der Waals surface area contributed by atoms with Gasteiger partial charge in [-0.1, -0.05) is 50.3 Å². The summed E-state index contributed by atoms with van der Waals surface area (Å²) >= 11 is 0. The van der Waals surface area contributed by atoms with E-state index in [9.17, 15) is 4.79 Å². The van der Waals surface area contributed by atoms with Gasteiger partial charge in [-0.3, -0.25) is 4.79 Å². The van der Waals surface area contributed by atoms with E-state index in [1.807, 2.05) is 30.3 Å². The van der Waals surface area contributed by atoms with Crippen molar-refractivity contribution < 1.29 is 4.79 Å². The van der Waals surface area contributed by atoms with Gasteiger partial charge in [-0.15, -0.1) is 0 Å². The van der Waals surface area contributed by atoms with Crippen LogP contribution in [0.2, 0.25) is 0 Å². The quantitative estimate of drug-likeness (QED) is 0.783. The third kappa shape index (κ3) is 3.98. The van der Waals surface area contributed by atoms with Gasteiger partial charge in [0.25, 0.3) is 0 Å². The number of hydrogen-bond donors (Lipinski definition) is 1. The number of unbranched alkanes of at least 4 members (excludes halogenated alkanes) is 1. The number of amides is 1. The molecule has 0 aliphatic carbocycles. The van der Waals surface area contributed by atoms with Crippen LogP contribution in [0.15, 0.2) is 36.9 Å². The molecule has 2 nitrogen and oxygen atoms in total. The molecule has 1 aromatic carbocycles. The highest BCUT2D eigenvalue weighted by Crippen LogP contribution is 2.08. The largest absolute Gasteiger partial charge is 0.326 e. The van der Waals surface area contributed by atoms with Crippen LogP contribution in [0.25, 0.3) is 5.70 Å². The number of rotatable bonds is 5. The maximum Gasteiger partial charge on any atom is 0.224 e. The van der Waals surface area contributed by atoms with Crippen molar-refractivity contribution in [2.45, 2.75) is 26.2 Å². The standard InChI is InChI=1S/C13H17NO/c1-3-4-10-13(15)14-11(2)12-8-6-5-7-9-12/h5-9H,2-4,10H2,1H3,(H,14,15). The van der Waals surface area contributed by atoms with Crippen LogP contribution in [-0.4, -0.2) is 5.91 Å². The lowest BCUT2D eigenvalue weighted by molar-refractivity contribution is -0.120. The van der Waals surface area contributed by atoms with Crippen molar-refractivity contribution in [1.82, 2.24) is 5.32 Å². The predicted octanol–water partition coefficient (Wildman–Crippen LogP) is 2.96. The van der Waals surface area contributed by atoms with Crippen molar-refractivity contribution in [2.75, 3.05) is 0 Å². The summed E-state index contributed by atoms with van der Waals surface area (Å²) in [5.41, 5.74) is 1.64. The van der Waals surface area contributed by atoms with E-state index in [1.165, 1.54) is 0 Å². The highest BCUT2D eigenvalue weighted by molar-refractivity contribution is 5.85. The molecule has 0 spiro atoms. The minimum atomic E-state index is 0.0469. The minimum absolute atomic E-state index is 0.0469. The Bertz CT molecular complexity index is 330. The molecule has 1 N–H and O–H groups in total. The summed E-state index contributed by atoms with van der Waals surface area (Å²) in [5.74, 6) is 0.0469. The van der Waals surface area contributed by atoms with Crippen LogP contribution in [0.5, 0.6) is 0 Å². The molecule has 0 atom stereocenters. The van der Waals surface area contributed by atoms with E-state index in [1.54, 1.807) is 0 Å². The minimum Gasteiger partial charge on any atom is -0.326 e. The maximum atomic E-state index is 11.4. The number of benzene rings is 1. The van der Waals surface area contributed by atoms with Gasteiger partial charge in [0.1, 0.15) is 0 Å². The molecule has 0 heterocycles. The van der Waals surface area contributed by atoms with Crippen molar-refractivity contribution in [3.63, 3.8) is 0 Å². The lowest BCUT2D eigenvalue weighted by atomic mass is 10.1. The van der Waals surface area contributed by atoms with E-state index in [2.05, 4.69) is 18.8 Å². The van der Waals surface area contributed by atoms with E-state index < -0.39 is 0 Å². The number of hydrogen-bond acceptors (Lipinski definition) is 1. The zero-order chi connectivity index (χ0) is 11.1. The second kappa shape index (κ2) is 6.02. The first-order chi connectivity index (χ1) is 7.24. The van der Waals surface area contributed by atoms with Crippen LogP contribution in [0.3, 0.4) is 0 Å². The van der Waals surface area contributed by atoms with Gasteiger partial charge in [0.15, 0.2) is 0 Å². The number of carbonyl (C=O) groups is 1. The topological polar surface area (TPSA) is 29.1 Å². The molecule has 0 saturated heterocycles. The Labute approximate surface area is 91.0 Å². The molecule has 2 heteroatoms. The highest BCUT2D eigenvalue weighted by atomic mass is 16.1. The van der Waals surface area contributed by atoms with Crippen LogP contribution < -0.4 is 5.32 Å². The van der Waals surface area contributed by atoms with E-state index in [4.69, 9.17) is 0 Å². The van der Waals surface area contributed by atoms with Gasteiger partial charge in [-0.2, -0.15) is 0 Å². The molecule has 0 aromatic heterocycles. The molecule has 0 aliphatic heterocycles. The van der Waals surface area contributed by atoms with Crippen LogP contribution in [0.4, 0.5) is 0 Å². The van der Waals surface area contributed by atoms with E-state index in [0.717, 1.165) is 18.4 Å². The van der Waals surface area contributed by atoms with Gasteiger partial charge in [0.2, 0.25) is 5.91 Å². The Morgan fingerprint density at radius 2 is 2.00 bits per heavy atom. The fraction of sp³-hybridized carbons (Fsp3) is 0.308. The van der Waals surface area contributed by atoms with Gasteiger partial charge in [0.05, 0.1) is 0 Å². The van der Waals surface area contributed by atoms with Crippen LogP contribution in [-0.2, 0) is 4.79 Å². The lowest BCUT2D eigenvalue weighted by Gasteiger charge is -2.07. The van der Waals surface area contributed by atoms with Crippen LogP contribution >= 0.6 is 0 Å². The molecule has 1 rings (SSSR count). The third-order valence-corrected chi connectivity index (χ3v) is 2.17. The Hall–Kier alpha value is -1.57. The zero-order valence-corrected chi connectivity index (χ0v) is 9.12. The second-order valence-electron chi connectivity index (χ2n) is 3.50. The lowest BCUT2D eigenvalue weighted by Crippen LogP contribution is -2.20. The Balaban J connectivity index is 2.46. The Morgan fingerprint density at radius 1 is 1.33 bits per heavy atom. The monoisotopic (exact) mass is 203 g/mol. The Kier molecular flexibility index (Phi) is 4.61. The average molecular weight is 203 g/mol. The number of nitrogens with one attached hydrogen (secondary N) is 1. The summed E-state index contributed by atoms with van der Waals surface area (Å²) in [6.45, 7) is 5.91. The van der Waals surface area contributed by atoms with Gasteiger partial charge < -0.3 is 5.32 Å². The molecule has 0 saturated carbocycles. The molecule has 1 aromatic rings.